The molecular weight excluding hydrogens is 1100 g/mol. The van der Waals surface area contributed by atoms with Crippen molar-refractivity contribution in [2.75, 3.05) is 38.7 Å². The lowest BCUT2D eigenvalue weighted by Crippen LogP contribution is -2.62. The van der Waals surface area contributed by atoms with Crippen molar-refractivity contribution >= 4 is 29.1 Å². The van der Waals surface area contributed by atoms with Crippen LogP contribution in [-0.4, -0.2) is 210 Å². The molecular formula is C63H93N3O19. The molecule has 1 aromatic rings. The molecule has 22 heteroatoms. The molecule has 0 aromatic heterocycles. The van der Waals surface area contributed by atoms with E-state index >= 15 is 0 Å². The number of Topliss-reactive ketones (excluding diaryl/α,β-unsaturated/α-hetero) is 2. The normalized spacial score (nSPS) is 35.4. The topological polar surface area (TPSA) is 358 Å². The van der Waals surface area contributed by atoms with Crippen molar-refractivity contribution < 1.29 is 93.9 Å². The Kier molecular flexibility index (Phi) is 29.6. The minimum atomic E-state index is -2.28. The van der Waals surface area contributed by atoms with E-state index in [9.17, 15) is 70.2 Å². The summed E-state index contributed by atoms with van der Waals surface area (Å²) in [6.45, 7) is 6.24. The van der Waals surface area contributed by atoms with E-state index in [-0.39, 0.29) is 76.0 Å². The fraction of sp³-hybridized carbons (Fsp3) is 0.619. The van der Waals surface area contributed by atoms with Crippen molar-refractivity contribution in [3.05, 3.63) is 115 Å². The summed E-state index contributed by atoms with van der Waals surface area (Å²) in [5, 5.41) is 114. The van der Waals surface area contributed by atoms with Crippen LogP contribution in [0.3, 0.4) is 0 Å². The number of aliphatic hydroxyl groups is 10. The van der Waals surface area contributed by atoms with E-state index in [2.05, 4.69) is 5.32 Å². The first-order chi connectivity index (χ1) is 40.4. The number of morpholine rings is 1. The van der Waals surface area contributed by atoms with Gasteiger partial charge < -0.3 is 90.7 Å². The van der Waals surface area contributed by atoms with E-state index in [1.165, 1.54) is 4.90 Å². The van der Waals surface area contributed by atoms with Crippen LogP contribution in [0.25, 0.3) is 0 Å². The van der Waals surface area contributed by atoms with Gasteiger partial charge in [0.1, 0.15) is 18.0 Å². The van der Waals surface area contributed by atoms with Gasteiger partial charge in [-0.3, -0.25) is 19.2 Å². The predicted molar refractivity (Wildman–Crippen MR) is 315 cm³/mol. The van der Waals surface area contributed by atoms with Crippen LogP contribution in [-0.2, 0) is 38.1 Å². The maximum atomic E-state index is 14.2. The number of hydrogen-bond acceptors (Lipinski definition) is 21. The van der Waals surface area contributed by atoms with E-state index in [0.29, 0.717) is 12.0 Å². The Hall–Kier alpha value is -5.12. The highest BCUT2D eigenvalue weighted by molar-refractivity contribution is 5.96. The number of nitrogens with two attached hydrogens (primary N) is 1. The highest BCUT2D eigenvalue weighted by Gasteiger charge is 2.52. The van der Waals surface area contributed by atoms with E-state index in [0.717, 1.165) is 5.69 Å². The molecule has 3 fully saturated rings. The third-order valence-corrected chi connectivity index (χ3v) is 15.7. The van der Waals surface area contributed by atoms with E-state index in [1.54, 1.807) is 117 Å². The van der Waals surface area contributed by atoms with Gasteiger partial charge in [-0.1, -0.05) is 98.9 Å². The summed E-state index contributed by atoms with van der Waals surface area (Å²) in [6.07, 6.45) is 3.42. The molecule has 4 aliphatic rings. The number of amides is 1. The van der Waals surface area contributed by atoms with Gasteiger partial charge in [0, 0.05) is 75.8 Å². The largest absolute Gasteiger partial charge is 0.461 e. The van der Waals surface area contributed by atoms with Crippen LogP contribution in [0, 0.1) is 17.8 Å². The number of hydrogen-bond donors (Lipinski definition) is 12. The SMILES string of the molecule is CNc1ccc(C(=O)CC(O)CCC(C)C2OC(=O)CC(O)CC(=O)CC(O)CC(O)CC(O)CC(O)CC3(O)CC(O)C(C(=O)N4CCOCC4)C(CC(OC4OC(C)C(O)C(N)C4O)C=CC=C/C=C\C=CC=CC=CC=CC2C)O3)cc1. The number of carbonyl (C=O) groups excluding carboxylic acids is 4. The number of nitrogens with one attached hydrogen (secondary N) is 1. The molecule has 85 heavy (non-hydrogen) atoms. The lowest BCUT2D eigenvalue weighted by molar-refractivity contribution is -0.308. The molecule has 0 spiro atoms. The summed E-state index contributed by atoms with van der Waals surface area (Å²) in [6, 6.07) is 5.78. The number of aliphatic hydroxyl groups excluding tert-OH is 9. The monoisotopic (exact) mass is 1200 g/mol. The predicted octanol–water partition coefficient (Wildman–Crippen LogP) is 2.52. The zero-order valence-electron chi connectivity index (χ0n) is 49.3. The lowest BCUT2D eigenvalue weighted by atomic mass is 9.81. The molecule has 3 saturated heterocycles. The molecule has 0 aliphatic carbocycles. The fourth-order valence-corrected chi connectivity index (χ4v) is 11.1. The molecule has 1 amide bonds. The Morgan fingerprint density at radius 3 is 1.91 bits per heavy atom. The third kappa shape index (κ3) is 23.8. The first-order valence-electron chi connectivity index (χ1n) is 29.6. The highest BCUT2D eigenvalue weighted by atomic mass is 16.7. The van der Waals surface area contributed by atoms with Crippen LogP contribution in [0.2, 0.25) is 0 Å². The average molecular weight is 1200 g/mol. The molecule has 4 aliphatic heterocycles. The summed E-state index contributed by atoms with van der Waals surface area (Å²) in [4.78, 5) is 55.1. The number of cyclic esters (lactones) is 1. The van der Waals surface area contributed by atoms with Gasteiger partial charge in [-0.2, -0.15) is 0 Å². The summed E-state index contributed by atoms with van der Waals surface area (Å²) < 4.78 is 29.8. The smallest absolute Gasteiger partial charge is 0.308 e. The van der Waals surface area contributed by atoms with Crippen molar-refractivity contribution in [2.24, 2.45) is 23.5 Å². The van der Waals surface area contributed by atoms with Crippen molar-refractivity contribution in [1.29, 1.82) is 0 Å². The molecule has 1 aromatic carbocycles. The number of rotatable bonds is 11. The highest BCUT2D eigenvalue weighted by Crippen LogP contribution is 2.39. The van der Waals surface area contributed by atoms with E-state index < -0.39 is 160 Å². The van der Waals surface area contributed by atoms with Gasteiger partial charge >= 0.3 is 5.97 Å². The molecule has 19 atom stereocenters. The van der Waals surface area contributed by atoms with E-state index in [1.807, 2.05) is 19.9 Å². The molecule has 0 radical (unpaired) electrons. The first-order valence-corrected chi connectivity index (χ1v) is 29.6. The Morgan fingerprint density at radius 2 is 1.29 bits per heavy atom. The number of allylic oxidation sites excluding steroid dienone is 12. The number of esters is 1. The number of benzene rings is 1. The van der Waals surface area contributed by atoms with Gasteiger partial charge in [0.05, 0.1) is 98.7 Å². The number of fused-ring (bicyclic) bond motifs is 2. The van der Waals surface area contributed by atoms with Gasteiger partial charge in [-0.25, -0.2) is 0 Å². The zero-order chi connectivity index (χ0) is 62.2. The molecule has 474 valence electrons. The fourth-order valence-electron chi connectivity index (χ4n) is 11.1. The second kappa shape index (κ2) is 35.6. The lowest BCUT2D eigenvalue weighted by Gasteiger charge is -2.47. The van der Waals surface area contributed by atoms with Crippen LogP contribution >= 0.6 is 0 Å². The molecule has 4 heterocycles. The Labute approximate surface area is 498 Å². The minimum Gasteiger partial charge on any atom is -0.461 e. The standard InChI is InChI=1S/C63H93N3O19/c1-39-17-15-13-11-9-7-5-6-8-10-12-14-16-18-51(83-62-59(78)57(64)58(77)41(3)82-62)36-54-56(61(79)66-25-27-81-28-26-66)53(75)38-63(80,85-54)37-50(73)33-48(71)31-46(69)29-45(68)30-47(70)32-49(72)35-55(76)84-60(39)40(2)19-24-44(67)34-52(74)42-20-22-43(65-4)23-21-42/h5-18,20-23,39-41,44-46,48-51,53-54,56-60,62,65,67-69,71-73,75,77-78,80H,19,24-38,64H2,1-4H3/b6-5?,9-7?,10-8-,13-11?,14-12?,17-15?,18-16?. The van der Waals surface area contributed by atoms with Gasteiger partial charge in [0.25, 0.3) is 0 Å². The Bertz CT molecular complexity index is 2440. The Morgan fingerprint density at radius 1 is 0.729 bits per heavy atom. The van der Waals surface area contributed by atoms with Crippen molar-refractivity contribution in [1.82, 2.24) is 4.90 Å². The third-order valence-electron chi connectivity index (χ3n) is 15.7. The van der Waals surface area contributed by atoms with Crippen LogP contribution in [0.5, 0.6) is 0 Å². The molecule has 19 unspecified atom stereocenters. The molecule has 0 saturated carbocycles. The van der Waals surface area contributed by atoms with Gasteiger partial charge in [0.2, 0.25) is 5.91 Å². The van der Waals surface area contributed by atoms with Crippen LogP contribution in [0.4, 0.5) is 5.69 Å². The first kappa shape index (κ1) is 70.6. The number of ether oxygens (including phenoxy) is 5. The molecule has 13 N–H and O–H groups in total. The molecule has 2 bridgehead atoms. The zero-order valence-corrected chi connectivity index (χ0v) is 49.3. The summed E-state index contributed by atoms with van der Waals surface area (Å²) in [5.41, 5.74) is 7.45. The van der Waals surface area contributed by atoms with Crippen LogP contribution in [0.15, 0.2) is 109 Å². The quantitative estimate of drug-likeness (QED) is 0.112. The molecule has 5 rings (SSSR count). The summed E-state index contributed by atoms with van der Waals surface area (Å²) in [5.74, 6) is -6.32. The minimum absolute atomic E-state index is 0.102. The summed E-state index contributed by atoms with van der Waals surface area (Å²) >= 11 is 0. The molecule has 22 nitrogen and oxygen atoms in total. The van der Waals surface area contributed by atoms with Crippen molar-refractivity contribution in [2.45, 2.75) is 195 Å². The van der Waals surface area contributed by atoms with Crippen LogP contribution < -0.4 is 11.1 Å². The maximum absolute atomic E-state index is 14.2. The average Bonchev–Trinajstić information content (AvgIpc) is 1.91. The number of ketones is 2. The van der Waals surface area contributed by atoms with Crippen molar-refractivity contribution in [3.63, 3.8) is 0 Å². The van der Waals surface area contributed by atoms with Gasteiger partial charge in [0.15, 0.2) is 17.9 Å². The second-order valence-electron chi connectivity index (χ2n) is 23.0. The number of anilines is 1. The number of carbonyl (C=O) groups is 4. The van der Waals surface area contributed by atoms with Gasteiger partial charge in [-0.15, -0.1) is 0 Å². The number of nitrogens with zero attached hydrogens (tertiary/aromatic N) is 1. The summed E-state index contributed by atoms with van der Waals surface area (Å²) in [7, 11) is 1.77. The van der Waals surface area contributed by atoms with Crippen molar-refractivity contribution in [3.8, 4) is 0 Å². The second-order valence-corrected chi connectivity index (χ2v) is 23.0. The Balaban J connectivity index is 1.35. The maximum Gasteiger partial charge on any atom is 0.308 e. The van der Waals surface area contributed by atoms with Crippen LogP contribution in [0.1, 0.15) is 108 Å². The van der Waals surface area contributed by atoms with E-state index in [4.69, 9.17) is 29.4 Å². The van der Waals surface area contributed by atoms with Gasteiger partial charge in [-0.05, 0) is 69.2 Å².